The van der Waals surface area contributed by atoms with E-state index in [0.717, 1.165) is 13.0 Å². The molecule has 2 rings (SSSR count). The zero-order valence-electron chi connectivity index (χ0n) is 7.27. The Morgan fingerprint density at radius 1 is 1.75 bits per heavy atom. The number of aryl methyl sites for hydroxylation is 1. The summed E-state index contributed by atoms with van der Waals surface area (Å²) in [7, 11) is 0. The van der Waals surface area contributed by atoms with Crippen molar-refractivity contribution >= 4 is 0 Å². The quantitative estimate of drug-likeness (QED) is 0.727. The van der Waals surface area contributed by atoms with Gasteiger partial charge in [0.1, 0.15) is 0 Å². The monoisotopic (exact) mass is 166 g/mol. The van der Waals surface area contributed by atoms with E-state index in [1.165, 1.54) is 5.69 Å². The van der Waals surface area contributed by atoms with Crippen LogP contribution >= 0.6 is 0 Å². The molecule has 1 aliphatic carbocycles. The van der Waals surface area contributed by atoms with E-state index in [1.807, 2.05) is 10.9 Å². The topological polar surface area (TPSA) is 38.0 Å². The molecule has 0 amide bonds. The minimum Gasteiger partial charge on any atom is -0.396 e. The van der Waals surface area contributed by atoms with E-state index in [0.29, 0.717) is 18.4 Å². The van der Waals surface area contributed by atoms with Crippen LogP contribution in [0.4, 0.5) is 0 Å². The molecule has 0 saturated heterocycles. The number of hydrogen-bond donors (Lipinski definition) is 1. The number of hydrogen-bond acceptors (Lipinski definition) is 2. The molecule has 1 heterocycles. The summed E-state index contributed by atoms with van der Waals surface area (Å²) in [5, 5.41) is 13.1. The van der Waals surface area contributed by atoms with E-state index in [4.69, 9.17) is 5.11 Å². The van der Waals surface area contributed by atoms with E-state index in [-0.39, 0.29) is 0 Å². The Morgan fingerprint density at radius 3 is 3.17 bits per heavy atom. The van der Waals surface area contributed by atoms with Crippen molar-refractivity contribution in [2.45, 2.75) is 25.8 Å². The van der Waals surface area contributed by atoms with Crippen LogP contribution in [0.15, 0.2) is 12.3 Å². The molecule has 1 aliphatic rings. The number of rotatable bonds is 3. The SMILES string of the molecule is CCn1nccc1C1CC1CO. The Hall–Kier alpha value is -0.830. The fraction of sp³-hybridized carbons (Fsp3) is 0.667. The summed E-state index contributed by atoms with van der Waals surface area (Å²) in [4.78, 5) is 0. The fourth-order valence-corrected chi connectivity index (χ4v) is 1.73. The number of nitrogens with zero attached hydrogens (tertiary/aromatic N) is 2. The molecular formula is C9H14N2O. The van der Waals surface area contributed by atoms with Gasteiger partial charge in [-0.25, -0.2) is 0 Å². The molecule has 12 heavy (non-hydrogen) atoms. The predicted octanol–water partition coefficient (Wildman–Crippen LogP) is 0.999. The highest BCUT2D eigenvalue weighted by atomic mass is 16.3. The van der Waals surface area contributed by atoms with E-state index >= 15 is 0 Å². The van der Waals surface area contributed by atoms with Gasteiger partial charge in [-0.2, -0.15) is 5.10 Å². The average molecular weight is 166 g/mol. The molecule has 0 bridgehead atoms. The second-order valence-corrected chi connectivity index (χ2v) is 3.36. The maximum Gasteiger partial charge on any atom is 0.0492 e. The van der Waals surface area contributed by atoms with Crippen LogP contribution in [-0.2, 0) is 6.54 Å². The van der Waals surface area contributed by atoms with Crippen molar-refractivity contribution in [2.24, 2.45) is 5.92 Å². The lowest BCUT2D eigenvalue weighted by Crippen LogP contribution is -2.02. The largest absolute Gasteiger partial charge is 0.396 e. The van der Waals surface area contributed by atoms with Gasteiger partial charge in [0.25, 0.3) is 0 Å². The van der Waals surface area contributed by atoms with Crippen molar-refractivity contribution in [2.75, 3.05) is 6.61 Å². The van der Waals surface area contributed by atoms with Gasteiger partial charge in [0.05, 0.1) is 0 Å². The van der Waals surface area contributed by atoms with Crippen molar-refractivity contribution in [1.82, 2.24) is 9.78 Å². The Balaban J connectivity index is 2.13. The van der Waals surface area contributed by atoms with Crippen LogP contribution in [0.25, 0.3) is 0 Å². The lowest BCUT2D eigenvalue weighted by atomic mass is 10.2. The Bertz CT molecular complexity index is 269. The van der Waals surface area contributed by atoms with Crippen LogP contribution in [0.2, 0.25) is 0 Å². The summed E-state index contributed by atoms with van der Waals surface area (Å²) in [6.07, 6.45) is 2.97. The first-order valence-electron chi connectivity index (χ1n) is 4.49. The fourth-order valence-electron chi connectivity index (χ4n) is 1.73. The number of aliphatic hydroxyl groups is 1. The third-order valence-corrected chi connectivity index (χ3v) is 2.59. The molecule has 0 radical (unpaired) electrons. The molecule has 3 heteroatoms. The summed E-state index contributed by atoms with van der Waals surface area (Å²) in [5.74, 6) is 1.06. The van der Waals surface area contributed by atoms with Crippen LogP contribution < -0.4 is 0 Å². The van der Waals surface area contributed by atoms with Gasteiger partial charge in [0, 0.05) is 31.0 Å². The summed E-state index contributed by atoms with van der Waals surface area (Å²) >= 11 is 0. The van der Waals surface area contributed by atoms with Gasteiger partial charge < -0.3 is 5.11 Å². The highest BCUT2D eigenvalue weighted by molar-refractivity contribution is 5.17. The number of aliphatic hydroxyl groups excluding tert-OH is 1. The second kappa shape index (κ2) is 2.90. The molecule has 3 nitrogen and oxygen atoms in total. The van der Waals surface area contributed by atoms with Crippen LogP contribution in [0.3, 0.4) is 0 Å². The zero-order valence-corrected chi connectivity index (χ0v) is 7.27. The highest BCUT2D eigenvalue weighted by Gasteiger charge is 2.39. The smallest absolute Gasteiger partial charge is 0.0492 e. The third kappa shape index (κ3) is 1.14. The highest BCUT2D eigenvalue weighted by Crippen LogP contribution is 2.46. The lowest BCUT2D eigenvalue weighted by molar-refractivity contribution is 0.273. The lowest BCUT2D eigenvalue weighted by Gasteiger charge is -2.02. The van der Waals surface area contributed by atoms with E-state index < -0.39 is 0 Å². The molecule has 66 valence electrons. The number of aromatic nitrogens is 2. The van der Waals surface area contributed by atoms with Gasteiger partial charge in [-0.15, -0.1) is 0 Å². The van der Waals surface area contributed by atoms with Gasteiger partial charge >= 0.3 is 0 Å². The first kappa shape index (κ1) is 7.80. The van der Waals surface area contributed by atoms with Gasteiger partial charge in [-0.3, -0.25) is 4.68 Å². The Kier molecular flexibility index (Phi) is 1.89. The standard InChI is InChI=1S/C9H14N2O/c1-2-11-9(3-4-10-11)8-5-7(8)6-12/h3-4,7-8,12H,2,5-6H2,1H3. The zero-order chi connectivity index (χ0) is 8.55. The first-order valence-corrected chi connectivity index (χ1v) is 4.49. The summed E-state index contributed by atoms with van der Waals surface area (Å²) in [6.45, 7) is 3.34. The minimum atomic E-state index is 0.319. The molecule has 2 unspecified atom stereocenters. The maximum atomic E-state index is 8.91. The van der Waals surface area contributed by atoms with E-state index in [1.54, 1.807) is 0 Å². The van der Waals surface area contributed by atoms with E-state index in [2.05, 4.69) is 18.1 Å². The molecule has 1 N–H and O–H groups in total. The molecule has 0 aromatic carbocycles. The van der Waals surface area contributed by atoms with E-state index in [9.17, 15) is 0 Å². The summed E-state index contributed by atoms with van der Waals surface area (Å²) in [5.41, 5.74) is 1.29. The molecule has 0 spiro atoms. The predicted molar refractivity (Wildman–Crippen MR) is 45.8 cm³/mol. The first-order chi connectivity index (χ1) is 5.86. The molecule has 2 atom stereocenters. The van der Waals surface area contributed by atoms with Crippen molar-refractivity contribution < 1.29 is 5.11 Å². The van der Waals surface area contributed by atoms with Gasteiger partial charge in [-0.05, 0) is 25.3 Å². The normalized spacial score (nSPS) is 27.5. The van der Waals surface area contributed by atoms with Crippen LogP contribution in [-0.4, -0.2) is 21.5 Å². The molecule has 0 aliphatic heterocycles. The van der Waals surface area contributed by atoms with Crippen molar-refractivity contribution in [1.29, 1.82) is 0 Å². The van der Waals surface area contributed by atoms with Crippen LogP contribution in [0, 0.1) is 5.92 Å². The Morgan fingerprint density at radius 2 is 2.58 bits per heavy atom. The van der Waals surface area contributed by atoms with Crippen molar-refractivity contribution in [3.8, 4) is 0 Å². The molecule has 1 aromatic rings. The van der Waals surface area contributed by atoms with Gasteiger partial charge in [-0.1, -0.05) is 0 Å². The van der Waals surface area contributed by atoms with Crippen LogP contribution in [0.5, 0.6) is 0 Å². The summed E-state index contributed by atoms with van der Waals surface area (Å²) in [6, 6.07) is 2.06. The maximum absolute atomic E-state index is 8.91. The van der Waals surface area contributed by atoms with Gasteiger partial charge in [0.2, 0.25) is 0 Å². The van der Waals surface area contributed by atoms with Crippen molar-refractivity contribution in [3.63, 3.8) is 0 Å². The average Bonchev–Trinajstić information content (AvgIpc) is 2.74. The minimum absolute atomic E-state index is 0.319. The second-order valence-electron chi connectivity index (χ2n) is 3.36. The summed E-state index contributed by atoms with van der Waals surface area (Å²) < 4.78 is 2.01. The molecule has 1 saturated carbocycles. The molecule has 1 aromatic heterocycles. The third-order valence-electron chi connectivity index (χ3n) is 2.59. The Labute approximate surface area is 72.0 Å². The molecular weight excluding hydrogens is 152 g/mol. The molecule has 1 fully saturated rings. The van der Waals surface area contributed by atoms with Crippen molar-refractivity contribution in [3.05, 3.63) is 18.0 Å². The van der Waals surface area contributed by atoms with Crippen LogP contribution in [0.1, 0.15) is 25.0 Å². The van der Waals surface area contributed by atoms with Gasteiger partial charge in [0.15, 0.2) is 0 Å².